The number of halogens is 1. The van der Waals surface area contributed by atoms with Gasteiger partial charge in [0.05, 0.1) is 5.52 Å². The van der Waals surface area contributed by atoms with Crippen molar-refractivity contribution in [2.45, 2.75) is 13.0 Å². The smallest absolute Gasteiger partial charge is 0.0934 e. The molecule has 0 N–H and O–H groups in total. The maximum Gasteiger partial charge on any atom is 0.0934 e. The van der Waals surface area contributed by atoms with Crippen molar-refractivity contribution in [1.29, 1.82) is 0 Å². The van der Waals surface area contributed by atoms with E-state index in [2.05, 4.69) is 58.4 Å². The lowest BCUT2D eigenvalue weighted by atomic mass is 10.3. The molecule has 1 aromatic carbocycles. The third-order valence-electron chi connectivity index (χ3n) is 2.51. The van der Waals surface area contributed by atoms with Gasteiger partial charge in [-0.25, -0.2) is 0 Å². The summed E-state index contributed by atoms with van der Waals surface area (Å²) in [5, 5.41) is 5.74. The minimum absolute atomic E-state index is 0.977. The Bertz CT molecular complexity index is 476. The first-order valence-electron chi connectivity index (χ1n) is 5.42. The van der Waals surface area contributed by atoms with Gasteiger partial charge in [-0.3, -0.25) is 4.68 Å². The first-order valence-corrected chi connectivity index (χ1v) is 6.22. The lowest BCUT2D eigenvalue weighted by Gasteiger charge is -2.08. The van der Waals surface area contributed by atoms with Gasteiger partial charge >= 0.3 is 0 Å². The van der Waals surface area contributed by atoms with Crippen LogP contribution < -0.4 is 0 Å². The van der Waals surface area contributed by atoms with E-state index in [0.29, 0.717) is 0 Å². The maximum atomic E-state index is 4.54. The van der Waals surface area contributed by atoms with Crippen molar-refractivity contribution >= 4 is 26.8 Å². The van der Waals surface area contributed by atoms with E-state index >= 15 is 0 Å². The van der Waals surface area contributed by atoms with Crippen LogP contribution >= 0.6 is 15.9 Å². The van der Waals surface area contributed by atoms with Gasteiger partial charge in [-0.1, -0.05) is 22.0 Å². The molecule has 4 heteroatoms. The molecule has 0 amide bonds. The highest BCUT2D eigenvalue weighted by Crippen LogP contribution is 2.18. The minimum atomic E-state index is 0.977. The van der Waals surface area contributed by atoms with Gasteiger partial charge in [0.25, 0.3) is 0 Å². The first kappa shape index (κ1) is 11.6. The summed E-state index contributed by atoms with van der Waals surface area (Å²) in [4.78, 5) is 2.19. The first-order chi connectivity index (χ1) is 7.65. The summed E-state index contributed by atoms with van der Waals surface area (Å²) in [5.41, 5.74) is 1.05. The largest absolute Gasteiger partial charge is 0.309 e. The molecule has 0 aliphatic carbocycles. The summed E-state index contributed by atoms with van der Waals surface area (Å²) < 4.78 is 3.11. The van der Waals surface area contributed by atoms with Crippen molar-refractivity contribution in [2.75, 3.05) is 20.6 Å². The third-order valence-corrected chi connectivity index (χ3v) is 3.00. The van der Waals surface area contributed by atoms with E-state index in [-0.39, 0.29) is 0 Å². The molecule has 0 saturated heterocycles. The lowest BCUT2D eigenvalue weighted by Crippen LogP contribution is -2.15. The van der Waals surface area contributed by atoms with Crippen LogP contribution in [-0.4, -0.2) is 35.3 Å². The fourth-order valence-electron chi connectivity index (χ4n) is 1.70. The molecule has 3 nitrogen and oxygen atoms in total. The van der Waals surface area contributed by atoms with Crippen molar-refractivity contribution in [3.63, 3.8) is 0 Å². The normalized spacial score (nSPS) is 11.5. The molecule has 0 unspecified atom stereocenters. The Labute approximate surface area is 104 Å². The number of aromatic nitrogens is 2. The second kappa shape index (κ2) is 4.97. The molecular weight excluding hydrogens is 266 g/mol. The Morgan fingerprint density at radius 2 is 2.19 bits per heavy atom. The molecule has 2 rings (SSSR count). The van der Waals surface area contributed by atoms with Gasteiger partial charge in [0.1, 0.15) is 0 Å². The molecular formula is C12H16BrN3. The Morgan fingerprint density at radius 3 is 2.94 bits per heavy atom. The zero-order chi connectivity index (χ0) is 11.5. The van der Waals surface area contributed by atoms with Gasteiger partial charge < -0.3 is 4.90 Å². The summed E-state index contributed by atoms with van der Waals surface area (Å²) in [6, 6.07) is 6.20. The highest BCUT2D eigenvalue weighted by Gasteiger charge is 2.01. The Hall–Kier alpha value is -0.870. The van der Waals surface area contributed by atoms with Crippen LogP contribution in [0.15, 0.2) is 28.9 Å². The van der Waals surface area contributed by atoms with E-state index in [1.165, 1.54) is 5.39 Å². The van der Waals surface area contributed by atoms with Gasteiger partial charge in [0, 0.05) is 22.6 Å². The van der Waals surface area contributed by atoms with Crippen LogP contribution in [-0.2, 0) is 6.54 Å². The van der Waals surface area contributed by atoms with E-state index in [1.807, 2.05) is 10.7 Å². The number of hydrogen-bond acceptors (Lipinski definition) is 2. The van der Waals surface area contributed by atoms with Crippen LogP contribution in [0.5, 0.6) is 0 Å². The van der Waals surface area contributed by atoms with Crippen LogP contribution in [0.3, 0.4) is 0 Å². The fourth-order valence-corrected chi connectivity index (χ4v) is 2.05. The van der Waals surface area contributed by atoms with Crippen LogP contribution in [0.25, 0.3) is 10.9 Å². The third kappa shape index (κ3) is 2.83. The molecule has 0 aliphatic heterocycles. The van der Waals surface area contributed by atoms with Crippen LogP contribution in [0.1, 0.15) is 6.42 Å². The molecule has 0 bridgehead atoms. The highest BCUT2D eigenvalue weighted by molar-refractivity contribution is 9.10. The topological polar surface area (TPSA) is 21.1 Å². The van der Waals surface area contributed by atoms with Gasteiger partial charge in [0.2, 0.25) is 0 Å². The maximum absolute atomic E-state index is 4.54. The Morgan fingerprint density at radius 1 is 1.38 bits per heavy atom. The molecule has 1 heterocycles. The summed E-state index contributed by atoms with van der Waals surface area (Å²) >= 11 is 3.46. The zero-order valence-electron chi connectivity index (χ0n) is 9.65. The quantitative estimate of drug-likeness (QED) is 0.859. The molecule has 86 valence electrons. The number of aryl methyl sites for hydroxylation is 1. The molecule has 0 fully saturated rings. The average Bonchev–Trinajstić information content (AvgIpc) is 2.58. The zero-order valence-corrected chi connectivity index (χ0v) is 11.2. The lowest BCUT2D eigenvalue weighted by molar-refractivity contribution is 0.381. The van der Waals surface area contributed by atoms with Crippen LogP contribution in [0, 0.1) is 0 Å². The van der Waals surface area contributed by atoms with E-state index in [4.69, 9.17) is 0 Å². The van der Waals surface area contributed by atoms with Crippen molar-refractivity contribution in [2.24, 2.45) is 0 Å². The fraction of sp³-hybridized carbons (Fsp3) is 0.417. The number of nitrogens with zero attached hydrogens (tertiary/aromatic N) is 3. The molecule has 0 saturated carbocycles. The van der Waals surface area contributed by atoms with Gasteiger partial charge in [-0.15, -0.1) is 0 Å². The van der Waals surface area contributed by atoms with Gasteiger partial charge in [0.15, 0.2) is 0 Å². The summed E-state index contributed by atoms with van der Waals surface area (Å²) in [5.74, 6) is 0. The Kier molecular flexibility index (Phi) is 3.61. The molecule has 0 spiro atoms. The minimum Gasteiger partial charge on any atom is -0.309 e. The SMILES string of the molecule is CN(C)CCCn1cc2ccc(Br)cc2n1. The molecule has 1 aromatic heterocycles. The number of rotatable bonds is 4. The van der Waals surface area contributed by atoms with Crippen molar-refractivity contribution in [3.8, 4) is 0 Å². The van der Waals surface area contributed by atoms with E-state index in [0.717, 1.165) is 29.5 Å². The van der Waals surface area contributed by atoms with Crippen LogP contribution in [0.2, 0.25) is 0 Å². The monoisotopic (exact) mass is 281 g/mol. The summed E-state index contributed by atoms with van der Waals surface area (Å²) in [6.45, 7) is 2.07. The second-order valence-corrected chi connectivity index (χ2v) is 5.17. The molecule has 16 heavy (non-hydrogen) atoms. The van der Waals surface area contributed by atoms with E-state index < -0.39 is 0 Å². The van der Waals surface area contributed by atoms with E-state index in [1.54, 1.807) is 0 Å². The molecule has 0 atom stereocenters. The predicted octanol–water partition coefficient (Wildman–Crippen LogP) is 2.75. The molecule has 0 aliphatic rings. The Balaban J connectivity index is 2.08. The summed E-state index contributed by atoms with van der Waals surface area (Å²) in [6.07, 6.45) is 3.24. The number of hydrogen-bond donors (Lipinski definition) is 0. The summed E-state index contributed by atoms with van der Waals surface area (Å²) in [7, 11) is 4.19. The van der Waals surface area contributed by atoms with Crippen molar-refractivity contribution < 1.29 is 0 Å². The number of fused-ring (bicyclic) bond motifs is 1. The predicted molar refractivity (Wildman–Crippen MR) is 70.6 cm³/mol. The molecule has 2 aromatic rings. The molecule has 0 radical (unpaired) electrons. The van der Waals surface area contributed by atoms with Crippen LogP contribution in [0.4, 0.5) is 0 Å². The van der Waals surface area contributed by atoms with E-state index in [9.17, 15) is 0 Å². The number of benzene rings is 1. The van der Waals surface area contributed by atoms with Crippen molar-refractivity contribution in [3.05, 3.63) is 28.9 Å². The van der Waals surface area contributed by atoms with Gasteiger partial charge in [-0.05, 0) is 39.2 Å². The second-order valence-electron chi connectivity index (χ2n) is 4.25. The van der Waals surface area contributed by atoms with Gasteiger partial charge in [-0.2, -0.15) is 5.10 Å². The average molecular weight is 282 g/mol. The highest BCUT2D eigenvalue weighted by atomic mass is 79.9. The van der Waals surface area contributed by atoms with Crippen molar-refractivity contribution in [1.82, 2.24) is 14.7 Å². The standard InChI is InChI=1S/C12H16BrN3/c1-15(2)6-3-7-16-9-10-4-5-11(13)8-12(10)14-16/h4-5,8-9H,3,6-7H2,1-2H3.